The van der Waals surface area contributed by atoms with Crippen LogP contribution in [0.5, 0.6) is 5.88 Å². The Morgan fingerprint density at radius 2 is 2.05 bits per heavy atom. The Morgan fingerprint density at radius 1 is 1.47 bits per heavy atom. The van der Waals surface area contributed by atoms with Gasteiger partial charge in [0, 0.05) is 5.33 Å². The summed E-state index contributed by atoms with van der Waals surface area (Å²) in [6.45, 7) is 0. The van der Waals surface area contributed by atoms with Crippen molar-refractivity contribution in [3.63, 3.8) is 0 Å². The van der Waals surface area contributed by atoms with Gasteiger partial charge < -0.3 is 9.84 Å². The minimum atomic E-state index is -5.23. The maximum Gasteiger partial charge on any atom is 0.574 e. The van der Waals surface area contributed by atoms with Crippen molar-refractivity contribution in [2.45, 2.75) is 18.1 Å². The first-order valence-corrected chi connectivity index (χ1v) is 5.64. The number of alkyl halides is 6. The first-order valence-electron chi connectivity index (χ1n) is 4.52. The van der Waals surface area contributed by atoms with Gasteiger partial charge in [-0.3, -0.25) is 0 Å². The molecule has 19 heavy (non-hydrogen) atoms. The number of hydrogen-bond donors (Lipinski definition) is 1. The Balaban J connectivity index is 3.41. The lowest BCUT2D eigenvalue weighted by atomic mass is 10.1. The molecule has 4 nitrogen and oxygen atoms in total. The molecule has 0 fully saturated rings. The summed E-state index contributed by atoms with van der Waals surface area (Å²) in [6, 6.07) is 0.659. The van der Waals surface area contributed by atoms with Crippen molar-refractivity contribution in [2.24, 2.45) is 0 Å². The quantitative estimate of drug-likeness (QED) is 0.667. The summed E-state index contributed by atoms with van der Waals surface area (Å²) in [4.78, 5) is 13.7. The van der Waals surface area contributed by atoms with Gasteiger partial charge in [0.25, 0.3) is 6.43 Å². The summed E-state index contributed by atoms with van der Waals surface area (Å²) >= 11 is 2.82. The summed E-state index contributed by atoms with van der Waals surface area (Å²) in [5, 5.41) is 8.53. The standard InChI is InChI=1S/C9H5BrF5NO3/c10-2-3-1-4(8(17)18)7(19-9(13,14)15)16-5(3)6(11)12/h1,6H,2H2,(H,17,18). The molecule has 0 saturated heterocycles. The van der Waals surface area contributed by atoms with Crippen molar-refractivity contribution in [1.82, 2.24) is 4.98 Å². The molecular formula is C9H5BrF5NO3. The summed E-state index contributed by atoms with van der Waals surface area (Å²) < 4.78 is 64.7. The second kappa shape index (κ2) is 5.68. The van der Waals surface area contributed by atoms with Crippen LogP contribution in [0.15, 0.2) is 6.07 Å². The van der Waals surface area contributed by atoms with Gasteiger partial charge in [0.2, 0.25) is 5.88 Å². The number of halogens is 6. The van der Waals surface area contributed by atoms with Crippen LogP contribution >= 0.6 is 15.9 Å². The summed E-state index contributed by atoms with van der Waals surface area (Å²) in [6.07, 6.45) is -8.39. The monoisotopic (exact) mass is 349 g/mol. The van der Waals surface area contributed by atoms with Crippen LogP contribution in [0.25, 0.3) is 0 Å². The maximum absolute atomic E-state index is 12.6. The second-order valence-electron chi connectivity index (χ2n) is 3.17. The van der Waals surface area contributed by atoms with Gasteiger partial charge in [0.15, 0.2) is 0 Å². The van der Waals surface area contributed by atoms with Gasteiger partial charge in [0.1, 0.15) is 11.3 Å². The normalized spacial score (nSPS) is 11.7. The fraction of sp³-hybridized carbons (Fsp3) is 0.333. The van der Waals surface area contributed by atoms with E-state index in [1.54, 1.807) is 0 Å². The number of pyridine rings is 1. The number of carboxylic acid groups (broad SMARTS) is 1. The number of carbonyl (C=O) groups is 1. The zero-order valence-electron chi connectivity index (χ0n) is 8.84. The lowest BCUT2D eigenvalue weighted by Gasteiger charge is -2.13. The summed E-state index contributed by atoms with van der Waals surface area (Å²) in [7, 11) is 0. The highest BCUT2D eigenvalue weighted by atomic mass is 79.9. The van der Waals surface area contributed by atoms with Crippen LogP contribution in [0, 0.1) is 0 Å². The number of rotatable bonds is 4. The van der Waals surface area contributed by atoms with E-state index in [0.717, 1.165) is 0 Å². The molecule has 0 amide bonds. The molecule has 0 aliphatic rings. The molecule has 106 valence electrons. The van der Waals surface area contributed by atoms with Gasteiger partial charge in [0.05, 0.1) is 0 Å². The lowest BCUT2D eigenvalue weighted by Crippen LogP contribution is -2.21. The fourth-order valence-corrected chi connectivity index (χ4v) is 1.64. The predicted molar refractivity (Wildman–Crippen MR) is 55.5 cm³/mol. The van der Waals surface area contributed by atoms with Crippen molar-refractivity contribution in [1.29, 1.82) is 0 Å². The van der Waals surface area contributed by atoms with E-state index >= 15 is 0 Å². The molecule has 1 aromatic rings. The minimum absolute atomic E-state index is 0.188. The molecule has 0 aliphatic heterocycles. The van der Waals surface area contributed by atoms with Crippen molar-refractivity contribution in [3.05, 3.63) is 22.9 Å². The van der Waals surface area contributed by atoms with Crippen LogP contribution in [-0.4, -0.2) is 22.4 Å². The molecule has 0 unspecified atom stereocenters. The maximum atomic E-state index is 12.6. The summed E-state index contributed by atoms with van der Waals surface area (Å²) in [5.41, 5.74) is -2.15. The van der Waals surface area contributed by atoms with E-state index in [9.17, 15) is 26.7 Å². The highest BCUT2D eigenvalue weighted by molar-refractivity contribution is 9.08. The van der Waals surface area contributed by atoms with Crippen LogP contribution < -0.4 is 4.74 Å². The van der Waals surface area contributed by atoms with Crippen LogP contribution in [0.3, 0.4) is 0 Å². The first-order chi connectivity index (χ1) is 8.65. The third-order valence-electron chi connectivity index (χ3n) is 1.89. The molecule has 1 aromatic heterocycles. The van der Waals surface area contributed by atoms with E-state index < -0.39 is 35.9 Å². The van der Waals surface area contributed by atoms with Crippen LogP contribution in [0.1, 0.15) is 28.0 Å². The van der Waals surface area contributed by atoms with Crippen LogP contribution in [0.2, 0.25) is 0 Å². The van der Waals surface area contributed by atoms with Crippen molar-refractivity contribution >= 4 is 21.9 Å². The zero-order chi connectivity index (χ0) is 14.8. The Hall–Kier alpha value is -1.45. The molecule has 0 bridgehead atoms. The average molecular weight is 350 g/mol. The number of ether oxygens (including phenoxy) is 1. The Labute approximate surface area is 111 Å². The number of nitrogens with zero attached hydrogens (tertiary/aromatic N) is 1. The number of aromatic carboxylic acids is 1. The van der Waals surface area contributed by atoms with E-state index in [1.165, 1.54) is 0 Å². The predicted octanol–water partition coefficient (Wildman–Crippen LogP) is 3.51. The third kappa shape index (κ3) is 4.01. The third-order valence-corrected chi connectivity index (χ3v) is 2.50. The van der Waals surface area contributed by atoms with Gasteiger partial charge in [-0.15, -0.1) is 13.2 Å². The van der Waals surface area contributed by atoms with Crippen molar-refractivity contribution in [3.8, 4) is 5.88 Å². The Bertz CT molecular complexity index is 491. The van der Waals surface area contributed by atoms with E-state index in [0.29, 0.717) is 6.07 Å². The smallest absolute Gasteiger partial charge is 0.477 e. The molecule has 0 spiro atoms. The van der Waals surface area contributed by atoms with E-state index in [2.05, 4.69) is 25.7 Å². The largest absolute Gasteiger partial charge is 0.574 e. The molecule has 1 N–H and O–H groups in total. The molecule has 1 heterocycles. The van der Waals surface area contributed by atoms with Crippen LogP contribution in [0.4, 0.5) is 22.0 Å². The van der Waals surface area contributed by atoms with Gasteiger partial charge in [-0.25, -0.2) is 18.6 Å². The van der Waals surface area contributed by atoms with E-state index in [-0.39, 0.29) is 10.9 Å². The van der Waals surface area contributed by atoms with Crippen molar-refractivity contribution in [2.75, 3.05) is 0 Å². The van der Waals surface area contributed by atoms with Crippen molar-refractivity contribution < 1.29 is 36.6 Å². The fourth-order valence-electron chi connectivity index (χ4n) is 1.19. The number of hydrogen-bond acceptors (Lipinski definition) is 3. The van der Waals surface area contributed by atoms with Crippen LogP contribution in [-0.2, 0) is 5.33 Å². The van der Waals surface area contributed by atoms with Gasteiger partial charge in [-0.05, 0) is 11.6 Å². The molecule has 10 heteroatoms. The van der Waals surface area contributed by atoms with Gasteiger partial charge >= 0.3 is 12.3 Å². The Morgan fingerprint density at radius 3 is 2.42 bits per heavy atom. The molecule has 0 aromatic carbocycles. The Kier molecular flexibility index (Phi) is 4.66. The molecule has 0 atom stereocenters. The molecular weight excluding hydrogens is 345 g/mol. The highest BCUT2D eigenvalue weighted by Crippen LogP contribution is 2.31. The number of carboxylic acids is 1. The molecule has 1 rings (SSSR count). The highest BCUT2D eigenvalue weighted by Gasteiger charge is 2.35. The van der Waals surface area contributed by atoms with Gasteiger partial charge in [-0.1, -0.05) is 15.9 Å². The van der Waals surface area contributed by atoms with E-state index in [4.69, 9.17) is 5.11 Å². The first kappa shape index (κ1) is 15.6. The average Bonchev–Trinajstić information content (AvgIpc) is 2.25. The molecule has 0 radical (unpaired) electrons. The molecule has 0 aliphatic carbocycles. The topological polar surface area (TPSA) is 59.4 Å². The second-order valence-corrected chi connectivity index (χ2v) is 3.73. The summed E-state index contributed by atoms with van der Waals surface area (Å²) in [5.74, 6) is -3.19. The number of aromatic nitrogens is 1. The zero-order valence-corrected chi connectivity index (χ0v) is 10.4. The lowest BCUT2D eigenvalue weighted by molar-refractivity contribution is -0.276. The van der Waals surface area contributed by atoms with E-state index in [1.807, 2.05) is 0 Å². The van der Waals surface area contributed by atoms with Gasteiger partial charge in [-0.2, -0.15) is 0 Å². The SMILES string of the molecule is O=C(O)c1cc(CBr)c(C(F)F)nc1OC(F)(F)F. The molecule has 0 saturated carbocycles. The minimum Gasteiger partial charge on any atom is -0.477 e.